The Balaban J connectivity index is 0.927. The number of sulfonamides is 1. The Kier molecular flexibility index (Phi) is 13.2. The van der Waals surface area contributed by atoms with Crippen LogP contribution in [0.3, 0.4) is 0 Å². The van der Waals surface area contributed by atoms with Crippen LogP contribution in [0, 0.1) is 10.1 Å². The molecule has 3 heterocycles. The fraction of sp³-hybridized carbons (Fsp3) is 0.289. The molecule has 0 spiro atoms. The van der Waals surface area contributed by atoms with Crippen molar-refractivity contribution >= 4 is 55.6 Å². The third kappa shape index (κ3) is 10.4. The molecule has 2 fully saturated rings. The number of morpholine rings is 1. The van der Waals surface area contributed by atoms with Crippen LogP contribution in [-0.2, 0) is 21.3 Å². The Morgan fingerprint density at radius 2 is 1.53 bits per heavy atom. The molecular weight excluding hydrogens is 797 g/mol. The minimum atomic E-state index is -4.27. The molecule has 15 heteroatoms. The molecule has 0 aliphatic carbocycles. The topological polar surface area (TPSA) is 146 Å². The van der Waals surface area contributed by atoms with E-state index in [1.165, 1.54) is 35.2 Å². The smallest absolute Gasteiger partial charge is 0.293 e. The highest BCUT2D eigenvalue weighted by atomic mass is 32.2. The third-order valence-corrected chi connectivity index (χ3v) is 13.5. The van der Waals surface area contributed by atoms with E-state index in [9.17, 15) is 18.5 Å². The number of thioether (sulfide) groups is 1. The summed E-state index contributed by atoms with van der Waals surface area (Å²) in [7, 11) is -4.27. The van der Waals surface area contributed by atoms with Crippen molar-refractivity contribution in [2.45, 2.75) is 28.8 Å². The number of benzene rings is 5. The van der Waals surface area contributed by atoms with Crippen molar-refractivity contribution in [2.75, 3.05) is 79.7 Å². The molecule has 0 amide bonds. The number of ether oxygens (including phenoxy) is 1. The van der Waals surface area contributed by atoms with Gasteiger partial charge in [-0.3, -0.25) is 24.6 Å². The number of nitrogens with zero attached hydrogens (tertiary/aromatic N) is 6. The maximum Gasteiger partial charge on any atom is 0.293 e. The summed E-state index contributed by atoms with van der Waals surface area (Å²) in [5, 5.41) is 16.3. The molecule has 1 aromatic heterocycles. The average Bonchev–Trinajstić information content (AvgIpc) is 3.28. The highest BCUT2D eigenvalue weighted by Gasteiger charge is 2.25. The minimum absolute atomic E-state index is 0.0973. The molecule has 2 aliphatic heterocycles. The van der Waals surface area contributed by atoms with Gasteiger partial charge in [-0.25, -0.2) is 18.4 Å². The van der Waals surface area contributed by atoms with E-state index in [4.69, 9.17) is 4.74 Å². The molecule has 0 bridgehead atoms. The molecule has 0 saturated carbocycles. The fourth-order valence-corrected chi connectivity index (χ4v) is 9.70. The lowest BCUT2D eigenvalue weighted by atomic mass is 10.0. The molecule has 0 radical (unpaired) electrons. The quantitative estimate of drug-likeness (QED) is 0.0562. The van der Waals surface area contributed by atoms with Crippen LogP contribution in [0.4, 0.5) is 22.9 Å². The predicted molar refractivity (Wildman–Crippen MR) is 239 cm³/mol. The molecule has 5 aromatic carbocycles. The van der Waals surface area contributed by atoms with Gasteiger partial charge in [0.25, 0.3) is 15.7 Å². The SMILES string of the molecule is O=[N+]([O-])c1cc(S(=O)(=O)Nc2ncnc3cc(N4CCN(Cc5cccc(-c6ccccc6)c5)CC4)ccc23)ccc1N[C@H](CCN1CCOCC1)CSc1ccccc1. The third-order valence-electron chi connectivity index (χ3n) is 11.0. The first-order chi connectivity index (χ1) is 29.3. The summed E-state index contributed by atoms with van der Waals surface area (Å²) in [5.74, 6) is 0.760. The second-order valence-electron chi connectivity index (χ2n) is 15.0. The first kappa shape index (κ1) is 41.2. The van der Waals surface area contributed by atoms with Crippen LogP contribution < -0.4 is 14.9 Å². The van der Waals surface area contributed by atoms with Crippen molar-refractivity contribution in [3.8, 4) is 11.1 Å². The van der Waals surface area contributed by atoms with Crippen LogP contribution in [0.25, 0.3) is 22.0 Å². The van der Waals surface area contributed by atoms with Gasteiger partial charge >= 0.3 is 0 Å². The Bertz CT molecular complexity index is 2500. The maximum atomic E-state index is 13.8. The van der Waals surface area contributed by atoms with Crippen molar-refractivity contribution < 1.29 is 18.1 Å². The van der Waals surface area contributed by atoms with Gasteiger partial charge in [-0.15, -0.1) is 11.8 Å². The summed E-state index contributed by atoms with van der Waals surface area (Å²) < 4.78 is 35.7. The van der Waals surface area contributed by atoms with E-state index in [-0.39, 0.29) is 28.1 Å². The Hall–Kier alpha value is -5.58. The zero-order valence-corrected chi connectivity index (χ0v) is 34.9. The van der Waals surface area contributed by atoms with Gasteiger partial charge in [-0.05, 0) is 71.6 Å². The lowest BCUT2D eigenvalue weighted by molar-refractivity contribution is -0.384. The van der Waals surface area contributed by atoms with Crippen LogP contribution in [-0.4, -0.2) is 104 Å². The first-order valence-electron chi connectivity index (χ1n) is 20.2. The normalized spacial score (nSPS) is 15.8. The van der Waals surface area contributed by atoms with Gasteiger partial charge in [0.15, 0.2) is 5.82 Å². The summed E-state index contributed by atoms with van der Waals surface area (Å²) >= 11 is 1.67. The first-order valence-corrected chi connectivity index (χ1v) is 22.7. The van der Waals surface area contributed by atoms with Crippen molar-refractivity contribution in [3.05, 3.63) is 143 Å². The predicted octanol–water partition coefficient (Wildman–Crippen LogP) is 7.62. The van der Waals surface area contributed by atoms with Crippen molar-refractivity contribution in [3.63, 3.8) is 0 Å². The lowest BCUT2D eigenvalue weighted by Crippen LogP contribution is -2.45. The van der Waals surface area contributed by atoms with Gasteiger partial charge in [0.2, 0.25) is 0 Å². The molecule has 310 valence electrons. The average molecular weight is 845 g/mol. The molecule has 6 aromatic rings. The van der Waals surface area contributed by atoms with E-state index in [1.807, 2.05) is 54.6 Å². The van der Waals surface area contributed by atoms with Crippen molar-refractivity contribution in [1.29, 1.82) is 0 Å². The second-order valence-corrected chi connectivity index (χ2v) is 17.8. The van der Waals surface area contributed by atoms with E-state index >= 15 is 0 Å². The zero-order chi connectivity index (χ0) is 41.3. The summed E-state index contributed by atoms with van der Waals surface area (Å²) in [4.78, 5) is 28.6. The van der Waals surface area contributed by atoms with E-state index in [1.54, 1.807) is 11.8 Å². The Labute approximate surface area is 355 Å². The molecule has 2 saturated heterocycles. The molecule has 60 heavy (non-hydrogen) atoms. The molecule has 1 atom stereocenters. The van der Waals surface area contributed by atoms with Crippen LogP contribution in [0.1, 0.15) is 12.0 Å². The van der Waals surface area contributed by atoms with Gasteiger partial charge in [0.1, 0.15) is 12.0 Å². The van der Waals surface area contributed by atoms with Crippen molar-refractivity contribution in [2.24, 2.45) is 0 Å². The van der Waals surface area contributed by atoms with Gasteiger partial charge in [0, 0.05) is 86.2 Å². The Morgan fingerprint density at radius 3 is 2.30 bits per heavy atom. The number of nitrogens with one attached hydrogen (secondary N) is 2. The van der Waals surface area contributed by atoms with Gasteiger partial charge in [-0.2, -0.15) is 0 Å². The van der Waals surface area contributed by atoms with E-state index in [0.717, 1.165) is 75.4 Å². The summed E-state index contributed by atoms with van der Waals surface area (Å²) in [6.45, 7) is 8.17. The van der Waals surface area contributed by atoms with Crippen LogP contribution in [0.2, 0.25) is 0 Å². The fourth-order valence-electron chi connectivity index (χ4n) is 7.66. The number of nitro benzene ring substituents is 1. The van der Waals surface area contributed by atoms with E-state index < -0.39 is 14.9 Å². The second kappa shape index (κ2) is 19.2. The molecule has 0 unspecified atom stereocenters. The molecule has 2 N–H and O–H groups in total. The highest BCUT2D eigenvalue weighted by molar-refractivity contribution is 7.99. The number of rotatable bonds is 16. The standard InChI is InChI=1S/C45H48N8O5S2/c54-53(55)44-30-40(15-17-42(44)48-37(18-19-50-24-26-58-27-25-50)32-59-39-12-5-2-6-13-39)60(56,57)49-45-41-16-14-38(29-43(41)46-33-47-45)52-22-20-51(21-23-52)31-34-8-7-11-36(28-34)35-9-3-1-4-10-35/h1-17,28-30,33,37,48H,18-27,31-32H2,(H,46,47,49)/t37-/m1/s1. The number of hydrogen-bond acceptors (Lipinski definition) is 12. The van der Waals surface area contributed by atoms with Crippen LogP contribution >= 0.6 is 11.8 Å². The number of anilines is 3. The number of fused-ring (bicyclic) bond motifs is 1. The number of aromatic nitrogens is 2. The lowest BCUT2D eigenvalue weighted by Gasteiger charge is -2.36. The number of nitro groups is 1. The maximum absolute atomic E-state index is 13.8. The summed E-state index contributed by atoms with van der Waals surface area (Å²) in [6.07, 6.45) is 2.06. The van der Waals surface area contributed by atoms with E-state index in [2.05, 4.69) is 83.2 Å². The van der Waals surface area contributed by atoms with Gasteiger partial charge in [0.05, 0.1) is 28.5 Å². The summed E-state index contributed by atoms with van der Waals surface area (Å²) in [6, 6.07) is 38.7. The molecule has 8 rings (SSSR count). The minimum Gasteiger partial charge on any atom is -0.379 e. The van der Waals surface area contributed by atoms with Crippen LogP contribution in [0.15, 0.2) is 137 Å². The molecule has 2 aliphatic rings. The highest BCUT2D eigenvalue weighted by Crippen LogP contribution is 2.32. The van der Waals surface area contributed by atoms with Crippen molar-refractivity contribution in [1.82, 2.24) is 19.8 Å². The number of hydrogen-bond donors (Lipinski definition) is 2. The van der Waals surface area contributed by atoms with Gasteiger partial charge < -0.3 is 15.0 Å². The van der Waals surface area contributed by atoms with Crippen LogP contribution in [0.5, 0.6) is 0 Å². The zero-order valence-electron chi connectivity index (χ0n) is 33.2. The largest absolute Gasteiger partial charge is 0.379 e. The molecule has 13 nitrogen and oxygen atoms in total. The monoisotopic (exact) mass is 844 g/mol. The molecular formula is C45H48N8O5S2. The van der Waals surface area contributed by atoms with Gasteiger partial charge in [-0.1, -0.05) is 66.7 Å². The summed E-state index contributed by atoms with van der Waals surface area (Å²) in [5.41, 5.74) is 5.22. The van der Waals surface area contributed by atoms with E-state index in [0.29, 0.717) is 29.9 Å². The Morgan fingerprint density at radius 1 is 0.783 bits per heavy atom. The number of piperazine rings is 1.